The van der Waals surface area contributed by atoms with Crippen molar-refractivity contribution in [3.63, 3.8) is 0 Å². The minimum Gasteiger partial charge on any atom is -0.370 e. The van der Waals surface area contributed by atoms with Crippen LogP contribution in [0.15, 0.2) is 6.07 Å². The zero-order valence-corrected chi connectivity index (χ0v) is 10.8. The Bertz CT molecular complexity index is 426. The Balaban J connectivity index is 1.92. The van der Waals surface area contributed by atoms with Crippen LogP contribution in [-0.4, -0.2) is 29.0 Å². The van der Waals surface area contributed by atoms with Gasteiger partial charge in [-0.15, -0.1) is 0 Å². The van der Waals surface area contributed by atoms with Gasteiger partial charge in [-0.3, -0.25) is 4.90 Å². The van der Waals surface area contributed by atoms with Gasteiger partial charge in [0.2, 0.25) is 0 Å². The summed E-state index contributed by atoms with van der Waals surface area (Å²) in [5, 5.41) is 3.43. The van der Waals surface area contributed by atoms with E-state index in [1.54, 1.807) is 0 Å². The van der Waals surface area contributed by atoms with Crippen LogP contribution >= 0.6 is 0 Å². The number of nitrogens with zero attached hydrogens (tertiary/aromatic N) is 2. The third-order valence-electron chi connectivity index (χ3n) is 3.94. The zero-order chi connectivity index (χ0) is 11.8. The molecule has 0 spiro atoms. The van der Waals surface area contributed by atoms with Gasteiger partial charge in [-0.1, -0.05) is 6.07 Å². The van der Waals surface area contributed by atoms with Gasteiger partial charge in [0.1, 0.15) is 5.82 Å². The summed E-state index contributed by atoms with van der Waals surface area (Å²) < 4.78 is 0. The zero-order valence-electron chi connectivity index (χ0n) is 10.8. The van der Waals surface area contributed by atoms with Gasteiger partial charge in [0.25, 0.3) is 0 Å². The highest BCUT2D eigenvalue weighted by molar-refractivity contribution is 5.49. The molecule has 1 N–H and O–H groups in total. The highest BCUT2D eigenvalue weighted by Crippen LogP contribution is 2.26. The number of anilines is 1. The molecule has 0 amide bonds. The minimum absolute atomic E-state index is 0.619. The number of hydrogen-bond donors (Lipinski definition) is 1. The van der Waals surface area contributed by atoms with Crippen LogP contribution in [-0.2, 0) is 19.4 Å². The van der Waals surface area contributed by atoms with Crippen LogP contribution in [0, 0.1) is 0 Å². The standard InChI is InChI=1S/C14H21N3/c1-10(2)17-7-5-11-8-12-4-3-6-15-14(12)16-13(11)9-17/h8,10H,3-7,9H2,1-2H3,(H,15,16). The van der Waals surface area contributed by atoms with Crippen molar-refractivity contribution in [2.24, 2.45) is 0 Å². The van der Waals surface area contributed by atoms with E-state index in [4.69, 9.17) is 4.98 Å². The van der Waals surface area contributed by atoms with Crippen molar-refractivity contribution in [3.05, 3.63) is 22.9 Å². The van der Waals surface area contributed by atoms with Crippen molar-refractivity contribution in [1.82, 2.24) is 9.88 Å². The molecule has 0 unspecified atom stereocenters. The summed E-state index contributed by atoms with van der Waals surface area (Å²) in [7, 11) is 0. The van der Waals surface area contributed by atoms with E-state index in [-0.39, 0.29) is 0 Å². The number of aryl methyl sites for hydroxylation is 1. The first-order valence-corrected chi connectivity index (χ1v) is 6.73. The van der Waals surface area contributed by atoms with Crippen molar-refractivity contribution in [3.8, 4) is 0 Å². The van der Waals surface area contributed by atoms with E-state index >= 15 is 0 Å². The Morgan fingerprint density at radius 2 is 2.18 bits per heavy atom. The van der Waals surface area contributed by atoms with Crippen LogP contribution in [0.5, 0.6) is 0 Å². The Labute approximate surface area is 103 Å². The van der Waals surface area contributed by atoms with Crippen molar-refractivity contribution >= 4 is 5.82 Å². The minimum atomic E-state index is 0.619. The molecule has 3 nitrogen and oxygen atoms in total. The summed E-state index contributed by atoms with van der Waals surface area (Å²) in [5.41, 5.74) is 4.19. The van der Waals surface area contributed by atoms with Gasteiger partial charge in [-0.25, -0.2) is 4.98 Å². The van der Waals surface area contributed by atoms with Crippen LogP contribution in [0.2, 0.25) is 0 Å². The molecule has 3 heteroatoms. The van der Waals surface area contributed by atoms with Crippen molar-refractivity contribution in [1.29, 1.82) is 0 Å². The number of hydrogen-bond acceptors (Lipinski definition) is 3. The summed E-state index contributed by atoms with van der Waals surface area (Å²) in [6.45, 7) is 7.80. The maximum atomic E-state index is 4.83. The summed E-state index contributed by atoms with van der Waals surface area (Å²) in [5.74, 6) is 1.14. The number of rotatable bonds is 1. The lowest BCUT2D eigenvalue weighted by atomic mass is 9.98. The van der Waals surface area contributed by atoms with Gasteiger partial charge >= 0.3 is 0 Å². The Hall–Kier alpha value is -1.09. The van der Waals surface area contributed by atoms with Crippen molar-refractivity contribution < 1.29 is 0 Å². The molecule has 0 saturated heterocycles. The first-order chi connectivity index (χ1) is 8.24. The maximum absolute atomic E-state index is 4.83. The van der Waals surface area contributed by atoms with Gasteiger partial charge in [0, 0.05) is 25.7 Å². The molecule has 0 saturated carbocycles. The van der Waals surface area contributed by atoms with Gasteiger partial charge in [-0.2, -0.15) is 0 Å². The average molecular weight is 231 g/mol. The van der Waals surface area contributed by atoms with E-state index in [1.165, 1.54) is 36.2 Å². The lowest BCUT2D eigenvalue weighted by molar-refractivity contribution is 0.200. The van der Waals surface area contributed by atoms with Crippen LogP contribution in [0.3, 0.4) is 0 Å². The predicted octanol–water partition coefficient (Wildman–Crippen LogP) is 2.21. The molecule has 3 heterocycles. The number of fused-ring (bicyclic) bond motifs is 2. The van der Waals surface area contributed by atoms with Crippen molar-refractivity contribution in [2.75, 3.05) is 18.4 Å². The largest absolute Gasteiger partial charge is 0.370 e. The molecule has 0 fully saturated rings. The lowest BCUT2D eigenvalue weighted by Gasteiger charge is -2.32. The Kier molecular flexibility index (Phi) is 2.79. The molecular formula is C14H21N3. The average Bonchev–Trinajstić information content (AvgIpc) is 2.35. The van der Waals surface area contributed by atoms with Crippen LogP contribution in [0.1, 0.15) is 37.1 Å². The molecule has 1 aromatic heterocycles. The second-order valence-electron chi connectivity index (χ2n) is 5.45. The molecule has 0 aromatic carbocycles. The maximum Gasteiger partial charge on any atom is 0.129 e. The van der Waals surface area contributed by atoms with Crippen LogP contribution in [0.25, 0.3) is 0 Å². The van der Waals surface area contributed by atoms with Gasteiger partial charge in [0.05, 0.1) is 5.69 Å². The van der Waals surface area contributed by atoms with Gasteiger partial charge in [0.15, 0.2) is 0 Å². The molecule has 0 aliphatic carbocycles. The Morgan fingerprint density at radius 3 is 3.00 bits per heavy atom. The number of pyridine rings is 1. The normalized spacial score (nSPS) is 19.7. The molecule has 0 atom stereocenters. The first-order valence-electron chi connectivity index (χ1n) is 6.73. The van der Waals surface area contributed by atoms with Crippen LogP contribution in [0.4, 0.5) is 5.82 Å². The molecule has 17 heavy (non-hydrogen) atoms. The molecule has 92 valence electrons. The number of nitrogens with one attached hydrogen (secondary N) is 1. The third-order valence-corrected chi connectivity index (χ3v) is 3.94. The molecule has 1 aromatic rings. The highest BCUT2D eigenvalue weighted by Gasteiger charge is 2.22. The fraction of sp³-hybridized carbons (Fsp3) is 0.643. The summed E-state index contributed by atoms with van der Waals surface area (Å²) in [6, 6.07) is 3.01. The topological polar surface area (TPSA) is 28.2 Å². The second-order valence-corrected chi connectivity index (χ2v) is 5.45. The van der Waals surface area contributed by atoms with Gasteiger partial charge in [-0.05, 0) is 44.2 Å². The van der Waals surface area contributed by atoms with Crippen molar-refractivity contribution in [2.45, 2.75) is 45.7 Å². The lowest BCUT2D eigenvalue weighted by Crippen LogP contribution is -2.36. The smallest absolute Gasteiger partial charge is 0.129 e. The summed E-state index contributed by atoms with van der Waals surface area (Å²) in [4.78, 5) is 7.34. The van der Waals surface area contributed by atoms with E-state index in [0.717, 1.165) is 25.3 Å². The predicted molar refractivity (Wildman–Crippen MR) is 70.3 cm³/mol. The first kappa shape index (κ1) is 11.0. The van der Waals surface area contributed by atoms with Gasteiger partial charge < -0.3 is 5.32 Å². The SMILES string of the molecule is CC(C)N1CCc2cc3c(nc2C1)NCCC3. The van der Waals surface area contributed by atoms with E-state index < -0.39 is 0 Å². The summed E-state index contributed by atoms with van der Waals surface area (Å²) in [6.07, 6.45) is 3.59. The van der Waals surface area contributed by atoms with E-state index in [1.807, 2.05) is 0 Å². The number of aromatic nitrogens is 1. The molecule has 3 rings (SSSR count). The molecule has 2 aliphatic rings. The monoisotopic (exact) mass is 231 g/mol. The summed E-state index contributed by atoms with van der Waals surface area (Å²) >= 11 is 0. The molecule has 2 aliphatic heterocycles. The molecule has 0 bridgehead atoms. The molecular weight excluding hydrogens is 210 g/mol. The van der Waals surface area contributed by atoms with E-state index in [9.17, 15) is 0 Å². The highest BCUT2D eigenvalue weighted by atomic mass is 15.2. The van der Waals surface area contributed by atoms with E-state index in [0.29, 0.717) is 6.04 Å². The fourth-order valence-electron chi connectivity index (χ4n) is 2.80. The van der Waals surface area contributed by atoms with E-state index in [2.05, 4.69) is 30.1 Å². The quantitative estimate of drug-likeness (QED) is 0.803. The molecule has 0 radical (unpaired) electrons. The van der Waals surface area contributed by atoms with Crippen LogP contribution < -0.4 is 5.32 Å². The second kappa shape index (κ2) is 4.30. The Morgan fingerprint density at radius 1 is 1.29 bits per heavy atom. The third kappa shape index (κ3) is 2.04. The fourth-order valence-corrected chi connectivity index (χ4v) is 2.80.